The van der Waals surface area contributed by atoms with Crippen LogP contribution in [-0.2, 0) is 18.2 Å². The molecule has 1 unspecified atom stereocenters. The minimum absolute atomic E-state index is 0.576. The van der Waals surface area contributed by atoms with E-state index < -0.39 is 0 Å². The summed E-state index contributed by atoms with van der Waals surface area (Å²) in [6, 6.07) is 6.77. The summed E-state index contributed by atoms with van der Waals surface area (Å²) in [6.07, 6.45) is 5.08. The molecule has 3 rings (SSSR count). The van der Waals surface area contributed by atoms with Gasteiger partial charge in [0.15, 0.2) is 0 Å². The number of anilines is 1. The largest absolute Gasteiger partial charge is 0.384 e. The highest BCUT2D eigenvalue weighted by Gasteiger charge is 2.23. The fourth-order valence-electron chi connectivity index (χ4n) is 3.24. The van der Waals surface area contributed by atoms with Crippen molar-refractivity contribution in [2.24, 2.45) is 13.0 Å². The Balaban J connectivity index is 1.94. The summed E-state index contributed by atoms with van der Waals surface area (Å²) in [5, 5.41) is 4.27. The lowest BCUT2D eigenvalue weighted by Gasteiger charge is -2.35. The van der Waals surface area contributed by atoms with Crippen molar-refractivity contribution >= 4 is 5.69 Å². The van der Waals surface area contributed by atoms with Crippen LogP contribution in [0, 0.1) is 5.92 Å². The molecule has 4 heteroatoms. The van der Waals surface area contributed by atoms with Gasteiger partial charge in [-0.2, -0.15) is 5.10 Å². The highest BCUT2D eigenvalue weighted by Crippen LogP contribution is 2.33. The molecule has 0 aliphatic carbocycles. The molecule has 0 spiro atoms. The maximum Gasteiger partial charge on any atom is 0.0568 e. The lowest BCUT2D eigenvalue weighted by atomic mass is 9.91. The number of methoxy groups -OCH3 is 1. The predicted molar refractivity (Wildman–Crippen MR) is 85.6 cm³/mol. The zero-order valence-corrected chi connectivity index (χ0v) is 13.0. The number of aryl methyl sites for hydroxylation is 1. The predicted octanol–water partition coefficient (Wildman–Crippen LogP) is 2.73. The number of ether oxygens (including phenoxy) is 1. The van der Waals surface area contributed by atoms with Crippen LogP contribution in [0.25, 0.3) is 11.1 Å². The molecule has 4 nitrogen and oxygen atoms in total. The molecule has 2 aromatic rings. The molecular weight excluding hydrogens is 262 g/mol. The first-order valence-electron chi connectivity index (χ1n) is 7.57. The van der Waals surface area contributed by atoms with E-state index in [-0.39, 0.29) is 0 Å². The quantitative estimate of drug-likeness (QED) is 0.865. The first kappa shape index (κ1) is 14.1. The third kappa shape index (κ3) is 2.81. The van der Waals surface area contributed by atoms with Crippen LogP contribution in [0.4, 0.5) is 5.69 Å². The summed E-state index contributed by atoms with van der Waals surface area (Å²) in [6.45, 7) is 5.17. The molecule has 1 aliphatic heterocycles. The Kier molecular flexibility index (Phi) is 3.97. The molecule has 0 amide bonds. The van der Waals surface area contributed by atoms with Crippen LogP contribution < -0.4 is 4.90 Å². The molecule has 1 atom stereocenters. The maximum absolute atomic E-state index is 5.37. The van der Waals surface area contributed by atoms with E-state index >= 15 is 0 Å². The van der Waals surface area contributed by atoms with Gasteiger partial charge in [0.2, 0.25) is 0 Å². The van der Waals surface area contributed by atoms with Gasteiger partial charge >= 0.3 is 0 Å². The minimum Gasteiger partial charge on any atom is -0.384 e. The van der Waals surface area contributed by atoms with E-state index in [1.807, 2.05) is 17.9 Å². The van der Waals surface area contributed by atoms with Gasteiger partial charge in [-0.1, -0.05) is 6.07 Å². The monoisotopic (exact) mass is 285 g/mol. The molecule has 0 N–H and O–H groups in total. The van der Waals surface area contributed by atoms with Gasteiger partial charge in [0.1, 0.15) is 0 Å². The average molecular weight is 285 g/mol. The number of rotatable bonds is 4. The van der Waals surface area contributed by atoms with Crippen molar-refractivity contribution in [1.29, 1.82) is 0 Å². The van der Waals surface area contributed by atoms with Crippen LogP contribution >= 0.6 is 0 Å². The number of aromatic nitrogens is 2. The molecule has 0 saturated carbocycles. The Bertz CT molecular complexity index is 620. The summed E-state index contributed by atoms with van der Waals surface area (Å²) in [5.41, 5.74) is 5.22. The SMILES string of the molecule is CCN1CC(COC)Cc2cc(-c3cnn(C)c3)ccc21. The van der Waals surface area contributed by atoms with E-state index in [2.05, 4.69) is 41.3 Å². The van der Waals surface area contributed by atoms with Crippen molar-refractivity contribution in [3.8, 4) is 11.1 Å². The standard InChI is InChI=1S/C17H23N3O/c1-4-20-10-13(12-21-3)7-15-8-14(5-6-17(15)20)16-9-18-19(2)11-16/h5-6,8-9,11,13H,4,7,10,12H2,1-3H3. The zero-order chi connectivity index (χ0) is 14.8. The third-order valence-electron chi connectivity index (χ3n) is 4.23. The van der Waals surface area contributed by atoms with Gasteiger partial charge in [-0.15, -0.1) is 0 Å². The van der Waals surface area contributed by atoms with Gasteiger partial charge in [-0.25, -0.2) is 0 Å². The molecule has 0 radical (unpaired) electrons. The Morgan fingerprint density at radius 1 is 1.33 bits per heavy atom. The number of benzene rings is 1. The van der Waals surface area contributed by atoms with Crippen molar-refractivity contribution in [2.75, 3.05) is 31.7 Å². The highest BCUT2D eigenvalue weighted by atomic mass is 16.5. The highest BCUT2D eigenvalue weighted by molar-refractivity contribution is 5.69. The van der Waals surface area contributed by atoms with E-state index in [0.29, 0.717) is 5.92 Å². The first-order valence-corrected chi connectivity index (χ1v) is 7.57. The summed E-state index contributed by atoms with van der Waals surface area (Å²) < 4.78 is 7.22. The van der Waals surface area contributed by atoms with Crippen molar-refractivity contribution in [1.82, 2.24) is 9.78 Å². The van der Waals surface area contributed by atoms with Crippen LogP contribution in [0.5, 0.6) is 0 Å². The van der Waals surface area contributed by atoms with Crippen LogP contribution in [0.3, 0.4) is 0 Å². The minimum atomic E-state index is 0.576. The second kappa shape index (κ2) is 5.90. The lowest BCUT2D eigenvalue weighted by molar-refractivity contribution is 0.152. The molecule has 112 valence electrons. The second-order valence-electron chi connectivity index (χ2n) is 5.81. The summed E-state index contributed by atoms with van der Waals surface area (Å²) in [7, 11) is 3.74. The molecule has 21 heavy (non-hydrogen) atoms. The molecule has 1 aromatic heterocycles. The van der Waals surface area contributed by atoms with Crippen molar-refractivity contribution < 1.29 is 4.74 Å². The van der Waals surface area contributed by atoms with E-state index in [1.54, 1.807) is 7.11 Å². The fraction of sp³-hybridized carbons (Fsp3) is 0.471. The molecule has 0 bridgehead atoms. The van der Waals surface area contributed by atoms with Gasteiger partial charge in [0.25, 0.3) is 0 Å². The average Bonchev–Trinajstić information content (AvgIpc) is 2.92. The zero-order valence-electron chi connectivity index (χ0n) is 13.0. The first-order chi connectivity index (χ1) is 10.2. The van der Waals surface area contributed by atoms with Gasteiger partial charge < -0.3 is 9.64 Å². The van der Waals surface area contributed by atoms with E-state index in [0.717, 1.165) is 26.1 Å². The fourth-order valence-corrected chi connectivity index (χ4v) is 3.24. The number of hydrogen-bond donors (Lipinski definition) is 0. The van der Waals surface area contributed by atoms with Gasteiger partial charge in [-0.3, -0.25) is 4.68 Å². The van der Waals surface area contributed by atoms with Crippen LogP contribution in [0.1, 0.15) is 12.5 Å². The number of nitrogens with zero attached hydrogens (tertiary/aromatic N) is 3. The van der Waals surface area contributed by atoms with Crippen LogP contribution in [0.15, 0.2) is 30.6 Å². The normalized spacial score (nSPS) is 17.9. The third-order valence-corrected chi connectivity index (χ3v) is 4.23. The van der Waals surface area contributed by atoms with Gasteiger partial charge in [0.05, 0.1) is 12.8 Å². The van der Waals surface area contributed by atoms with Crippen LogP contribution in [-0.4, -0.2) is 36.6 Å². The maximum atomic E-state index is 5.37. The summed E-state index contributed by atoms with van der Waals surface area (Å²) in [4.78, 5) is 2.45. The summed E-state index contributed by atoms with van der Waals surface area (Å²) in [5.74, 6) is 0.576. The van der Waals surface area contributed by atoms with Crippen molar-refractivity contribution in [2.45, 2.75) is 13.3 Å². The number of hydrogen-bond acceptors (Lipinski definition) is 3. The van der Waals surface area contributed by atoms with E-state index in [1.165, 1.54) is 22.4 Å². The van der Waals surface area contributed by atoms with Crippen LogP contribution in [0.2, 0.25) is 0 Å². The Morgan fingerprint density at radius 3 is 2.86 bits per heavy atom. The van der Waals surface area contributed by atoms with Gasteiger partial charge in [-0.05, 0) is 36.6 Å². The van der Waals surface area contributed by atoms with E-state index in [4.69, 9.17) is 4.74 Å². The molecule has 2 heterocycles. The molecule has 1 aliphatic rings. The molecule has 1 aromatic carbocycles. The molecule has 0 saturated heterocycles. The molecular formula is C17H23N3O. The smallest absolute Gasteiger partial charge is 0.0568 e. The topological polar surface area (TPSA) is 30.3 Å². The lowest BCUT2D eigenvalue weighted by Crippen LogP contribution is -2.37. The van der Waals surface area contributed by atoms with E-state index in [9.17, 15) is 0 Å². The second-order valence-corrected chi connectivity index (χ2v) is 5.81. The van der Waals surface area contributed by atoms with Crippen molar-refractivity contribution in [3.63, 3.8) is 0 Å². The Labute approximate surface area is 126 Å². The van der Waals surface area contributed by atoms with Gasteiger partial charge in [0, 0.05) is 50.6 Å². The Morgan fingerprint density at radius 2 is 2.19 bits per heavy atom. The summed E-state index contributed by atoms with van der Waals surface area (Å²) >= 11 is 0. The number of fused-ring (bicyclic) bond motifs is 1. The molecule has 0 fully saturated rings. The van der Waals surface area contributed by atoms with Crippen molar-refractivity contribution in [3.05, 3.63) is 36.2 Å². The Hall–Kier alpha value is -1.81.